The first-order valence-electron chi connectivity index (χ1n) is 10.6. The predicted molar refractivity (Wildman–Crippen MR) is 130 cm³/mol. The number of H-pyrrole nitrogens is 1. The molecule has 0 saturated carbocycles. The number of phenols is 1. The number of carbonyl (C=O) groups is 2. The van der Waals surface area contributed by atoms with E-state index in [1.807, 2.05) is 24.3 Å². The molecule has 2 aromatic carbocycles. The van der Waals surface area contributed by atoms with Crippen LogP contribution >= 0.6 is 0 Å². The van der Waals surface area contributed by atoms with Crippen LogP contribution in [0.2, 0.25) is 0 Å². The van der Waals surface area contributed by atoms with Gasteiger partial charge in [-0.2, -0.15) is 0 Å². The van der Waals surface area contributed by atoms with E-state index in [2.05, 4.69) is 17.2 Å². The van der Waals surface area contributed by atoms with E-state index in [1.54, 1.807) is 19.2 Å². The molecule has 0 bridgehead atoms. The summed E-state index contributed by atoms with van der Waals surface area (Å²) in [7, 11) is 1.64. The molecule has 3 rings (SSSR count). The van der Waals surface area contributed by atoms with Crippen LogP contribution in [0.4, 0.5) is 0 Å². The Hall–Kier alpha value is -4.15. The third-order valence-electron chi connectivity index (χ3n) is 4.99. The van der Waals surface area contributed by atoms with Crippen LogP contribution in [0.25, 0.3) is 10.9 Å². The van der Waals surface area contributed by atoms with Crippen LogP contribution in [0.15, 0.2) is 65.5 Å². The number of aliphatic carboxylic acids is 2. The summed E-state index contributed by atoms with van der Waals surface area (Å²) in [6.45, 7) is 2.42. The van der Waals surface area contributed by atoms with Crippen molar-refractivity contribution in [2.45, 2.75) is 25.5 Å². The van der Waals surface area contributed by atoms with Crippen molar-refractivity contribution in [3.05, 3.63) is 82.2 Å². The van der Waals surface area contributed by atoms with Crippen LogP contribution in [-0.2, 0) is 16.0 Å². The molecule has 186 valence electrons. The minimum atomic E-state index is -1.26. The molecular formula is C25H28N2O8. The van der Waals surface area contributed by atoms with E-state index in [-0.39, 0.29) is 17.4 Å². The summed E-state index contributed by atoms with van der Waals surface area (Å²) in [5.41, 5.74) is 1.88. The number of aliphatic hydroxyl groups is 1. The maximum atomic E-state index is 11.5. The molecule has 1 aromatic heterocycles. The maximum Gasteiger partial charge on any atom is 0.328 e. The van der Waals surface area contributed by atoms with Gasteiger partial charge in [-0.15, -0.1) is 0 Å². The van der Waals surface area contributed by atoms with Gasteiger partial charge in [-0.25, -0.2) is 9.59 Å². The second-order valence-corrected chi connectivity index (χ2v) is 7.67. The number of ether oxygens (including phenoxy) is 1. The molecule has 3 aromatic rings. The molecule has 0 radical (unpaired) electrons. The number of carboxylic acids is 2. The summed E-state index contributed by atoms with van der Waals surface area (Å²) < 4.78 is 5.16. The molecular weight excluding hydrogens is 456 g/mol. The zero-order valence-electron chi connectivity index (χ0n) is 19.3. The monoisotopic (exact) mass is 484 g/mol. The Morgan fingerprint density at radius 1 is 1.03 bits per heavy atom. The molecule has 2 atom stereocenters. The predicted octanol–water partition coefficient (Wildman–Crippen LogP) is 2.21. The average Bonchev–Trinajstić information content (AvgIpc) is 2.82. The van der Waals surface area contributed by atoms with Crippen molar-refractivity contribution in [3.8, 4) is 11.5 Å². The van der Waals surface area contributed by atoms with E-state index in [4.69, 9.17) is 14.9 Å². The number of fused-ring (bicyclic) bond motifs is 1. The summed E-state index contributed by atoms with van der Waals surface area (Å²) in [5, 5.41) is 40.1. The second kappa shape index (κ2) is 12.9. The summed E-state index contributed by atoms with van der Waals surface area (Å²) in [6, 6.07) is 14.2. The number of hydrogen-bond donors (Lipinski definition) is 6. The lowest BCUT2D eigenvalue weighted by atomic mass is 10.0. The third-order valence-corrected chi connectivity index (χ3v) is 4.99. The van der Waals surface area contributed by atoms with Gasteiger partial charge in [-0.3, -0.25) is 4.79 Å². The lowest BCUT2D eigenvalue weighted by Gasteiger charge is -2.19. The average molecular weight is 485 g/mol. The van der Waals surface area contributed by atoms with Gasteiger partial charge in [0.15, 0.2) is 0 Å². The van der Waals surface area contributed by atoms with Gasteiger partial charge in [0.2, 0.25) is 5.56 Å². The number of aromatic hydroxyl groups is 1. The number of aromatic nitrogens is 1. The van der Waals surface area contributed by atoms with E-state index in [0.29, 0.717) is 35.2 Å². The Morgan fingerprint density at radius 2 is 1.66 bits per heavy atom. The topological polar surface area (TPSA) is 169 Å². The molecule has 0 spiro atoms. The number of hydrogen-bond acceptors (Lipinski definition) is 7. The number of aromatic amines is 1. The third kappa shape index (κ3) is 8.61. The molecule has 0 unspecified atom stereocenters. The first-order valence-corrected chi connectivity index (χ1v) is 10.6. The second-order valence-electron chi connectivity index (χ2n) is 7.67. The Kier molecular flexibility index (Phi) is 10.0. The van der Waals surface area contributed by atoms with Gasteiger partial charge >= 0.3 is 11.9 Å². The summed E-state index contributed by atoms with van der Waals surface area (Å²) in [6.07, 6.45) is 1.17. The number of pyridine rings is 1. The zero-order valence-corrected chi connectivity index (χ0v) is 19.3. The van der Waals surface area contributed by atoms with E-state index in [1.165, 1.54) is 17.7 Å². The number of nitrogens with one attached hydrogen (secondary N) is 2. The summed E-state index contributed by atoms with van der Waals surface area (Å²) in [4.78, 5) is 33.2. The highest BCUT2D eigenvalue weighted by molar-refractivity contribution is 5.89. The van der Waals surface area contributed by atoms with Gasteiger partial charge in [-0.05, 0) is 48.7 Å². The van der Waals surface area contributed by atoms with Crippen LogP contribution in [0.1, 0.15) is 24.2 Å². The van der Waals surface area contributed by atoms with Gasteiger partial charge in [0, 0.05) is 36.2 Å². The van der Waals surface area contributed by atoms with Crippen molar-refractivity contribution < 1.29 is 34.8 Å². The highest BCUT2D eigenvalue weighted by Crippen LogP contribution is 2.28. The van der Waals surface area contributed by atoms with Gasteiger partial charge in [0.1, 0.15) is 11.5 Å². The number of rotatable bonds is 9. The zero-order chi connectivity index (χ0) is 26.0. The highest BCUT2D eigenvalue weighted by atomic mass is 16.5. The lowest BCUT2D eigenvalue weighted by molar-refractivity contribution is -0.134. The van der Waals surface area contributed by atoms with Gasteiger partial charge in [0.25, 0.3) is 0 Å². The number of benzene rings is 2. The Bertz CT molecular complexity index is 1220. The molecule has 6 N–H and O–H groups in total. The molecule has 10 heteroatoms. The van der Waals surface area contributed by atoms with Gasteiger partial charge < -0.3 is 35.5 Å². The summed E-state index contributed by atoms with van der Waals surface area (Å²) in [5.74, 6) is -1.70. The number of methoxy groups -OCH3 is 1. The Balaban J connectivity index is 0.000000466. The van der Waals surface area contributed by atoms with Gasteiger partial charge in [-0.1, -0.05) is 18.2 Å². The smallest absolute Gasteiger partial charge is 0.328 e. The Morgan fingerprint density at radius 3 is 2.23 bits per heavy atom. The van der Waals surface area contributed by atoms with Crippen molar-refractivity contribution in [1.82, 2.24) is 10.3 Å². The van der Waals surface area contributed by atoms with E-state index in [0.717, 1.165) is 12.2 Å². The standard InChI is InChI=1S/C21H24N2O4.C4H4O4/c1-13(11-14-3-5-15(27-2)6-4-14)22-12-19(25)16-7-9-18(24)21-17(16)8-10-20(26)23-21;5-3(6)1-2-4(7)8/h3-10,13,19,22,24-25H,11-12H2,1-2H3,(H,23,26);1-2H,(H,5,6)(H,7,8)/b;2-1-/t13-,19+;/m1./s1. The minimum absolute atomic E-state index is 0.0144. The molecule has 0 aliphatic rings. The minimum Gasteiger partial charge on any atom is -0.506 e. The van der Waals surface area contributed by atoms with Crippen LogP contribution in [0.5, 0.6) is 11.5 Å². The fraction of sp³-hybridized carbons (Fsp3) is 0.240. The molecule has 0 amide bonds. The van der Waals surface area contributed by atoms with E-state index < -0.39 is 18.0 Å². The van der Waals surface area contributed by atoms with Crippen LogP contribution in [0.3, 0.4) is 0 Å². The molecule has 0 aliphatic heterocycles. The van der Waals surface area contributed by atoms with Crippen molar-refractivity contribution in [2.24, 2.45) is 0 Å². The molecule has 1 heterocycles. The number of phenolic OH excluding ortho intramolecular Hbond substituents is 1. The first-order chi connectivity index (χ1) is 16.6. The van der Waals surface area contributed by atoms with Crippen LogP contribution in [0, 0.1) is 0 Å². The summed E-state index contributed by atoms with van der Waals surface area (Å²) >= 11 is 0. The quantitative estimate of drug-likeness (QED) is 0.249. The SMILES string of the molecule is COc1ccc(C[C@@H](C)NC[C@H](O)c2ccc(O)c3[nH]c(=O)ccc23)cc1.O=C(O)/C=C\C(=O)O. The molecule has 0 fully saturated rings. The largest absolute Gasteiger partial charge is 0.506 e. The fourth-order valence-electron chi connectivity index (χ4n) is 3.30. The van der Waals surface area contributed by atoms with E-state index in [9.17, 15) is 24.6 Å². The van der Waals surface area contributed by atoms with E-state index >= 15 is 0 Å². The number of carboxylic acid groups (broad SMARTS) is 2. The van der Waals surface area contributed by atoms with Crippen molar-refractivity contribution in [1.29, 1.82) is 0 Å². The Labute approximate surface area is 201 Å². The van der Waals surface area contributed by atoms with Crippen LogP contribution < -0.4 is 15.6 Å². The molecule has 35 heavy (non-hydrogen) atoms. The van der Waals surface area contributed by atoms with Crippen LogP contribution in [-0.4, -0.2) is 57.0 Å². The van der Waals surface area contributed by atoms with Gasteiger partial charge in [0.05, 0.1) is 18.7 Å². The fourth-order valence-corrected chi connectivity index (χ4v) is 3.30. The van der Waals surface area contributed by atoms with Crippen molar-refractivity contribution in [3.63, 3.8) is 0 Å². The molecule has 0 saturated heterocycles. The normalized spacial score (nSPS) is 12.5. The highest BCUT2D eigenvalue weighted by Gasteiger charge is 2.15. The molecule has 10 nitrogen and oxygen atoms in total. The lowest BCUT2D eigenvalue weighted by Crippen LogP contribution is -2.32. The van der Waals surface area contributed by atoms with Crippen molar-refractivity contribution in [2.75, 3.05) is 13.7 Å². The van der Waals surface area contributed by atoms with Crippen molar-refractivity contribution >= 4 is 22.8 Å². The number of aliphatic hydroxyl groups excluding tert-OH is 1. The maximum absolute atomic E-state index is 11.5. The molecule has 0 aliphatic carbocycles. The first kappa shape index (κ1) is 27.1.